The van der Waals surface area contributed by atoms with Crippen molar-refractivity contribution in [3.8, 4) is 0 Å². The molecule has 0 bridgehead atoms. The van der Waals surface area contributed by atoms with Crippen molar-refractivity contribution in [2.24, 2.45) is 0 Å². The number of hydrogen-bond donors (Lipinski definition) is 0. The molecule has 1 aliphatic heterocycles. The van der Waals surface area contributed by atoms with Gasteiger partial charge in [0.25, 0.3) is 11.8 Å². The predicted molar refractivity (Wildman–Crippen MR) is 126 cm³/mol. The number of rotatable bonds is 7. The minimum absolute atomic E-state index is 0.0366. The number of imide groups is 1. The molecule has 1 saturated heterocycles. The molecule has 2 amide bonds. The fraction of sp³-hybridized carbons (Fsp3) is 0.148. The summed E-state index contributed by atoms with van der Waals surface area (Å²) in [6, 6.07) is 21.4. The van der Waals surface area contributed by atoms with E-state index in [1.807, 2.05) is 0 Å². The molecule has 36 heavy (non-hydrogen) atoms. The Bertz CT molecular complexity index is 1230. The first-order valence-electron chi connectivity index (χ1n) is 11.1. The molecule has 0 unspecified atom stereocenters. The molecule has 0 aliphatic carbocycles. The van der Waals surface area contributed by atoms with Crippen molar-refractivity contribution in [1.82, 2.24) is 0 Å². The Morgan fingerprint density at radius 3 is 1.61 bits per heavy atom. The summed E-state index contributed by atoms with van der Waals surface area (Å²) in [5, 5.41) is 0. The number of benzene rings is 3. The molecular formula is C27H21NO8. The Morgan fingerprint density at radius 1 is 0.667 bits per heavy atom. The Kier molecular flexibility index (Phi) is 7.20. The highest BCUT2D eigenvalue weighted by atomic mass is 16.6. The molecule has 0 radical (unpaired) electrons. The molecular weight excluding hydrogens is 466 g/mol. The maximum atomic E-state index is 13.3. The van der Waals surface area contributed by atoms with Crippen LogP contribution in [0, 0.1) is 0 Å². The van der Waals surface area contributed by atoms with Gasteiger partial charge in [-0.3, -0.25) is 9.59 Å². The monoisotopic (exact) mass is 487 g/mol. The van der Waals surface area contributed by atoms with Crippen molar-refractivity contribution in [3.63, 3.8) is 0 Å². The van der Waals surface area contributed by atoms with E-state index < -0.39 is 41.9 Å². The first-order chi connectivity index (χ1) is 17.4. The zero-order valence-corrected chi connectivity index (χ0v) is 19.2. The van der Waals surface area contributed by atoms with Gasteiger partial charge in [0.2, 0.25) is 12.2 Å². The molecule has 2 atom stereocenters. The number of ether oxygens (including phenoxy) is 3. The van der Waals surface area contributed by atoms with Crippen LogP contribution in [0.4, 0.5) is 5.69 Å². The van der Waals surface area contributed by atoms with Gasteiger partial charge < -0.3 is 14.2 Å². The normalized spacial score (nSPS) is 17.0. The van der Waals surface area contributed by atoms with Crippen LogP contribution in [0.1, 0.15) is 38.0 Å². The lowest BCUT2D eigenvalue weighted by molar-refractivity contribution is -0.130. The van der Waals surface area contributed by atoms with Crippen LogP contribution >= 0.6 is 0 Å². The smallest absolute Gasteiger partial charge is 0.339 e. The largest absolute Gasteiger partial charge is 0.462 e. The van der Waals surface area contributed by atoms with Gasteiger partial charge in [-0.25, -0.2) is 19.3 Å². The fourth-order valence-electron chi connectivity index (χ4n) is 3.60. The standard InChI is InChI=1S/C27H21NO8/c1-2-34-25(31)19-14-9-15-20(16-19)28-23(29)21(35-26(32)17-10-5-3-6-11-17)22(24(28)30)36-27(33)18-12-7-4-8-13-18/h3-16,21-22H,2H2,1H3/t21-,22-/m0/s1. The molecule has 182 valence electrons. The van der Waals surface area contributed by atoms with E-state index >= 15 is 0 Å². The summed E-state index contributed by atoms with van der Waals surface area (Å²) in [4.78, 5) is 65.0. The summed E-state index contributed by atoms with van der Waals surface area (Å²) >= 11 is 0. The van der Waals surface area contributed by atoms with Crippen LogP contribution in [-0.2, 0) is 23.8 Å². The van der Waals surface area contributed by atoms with Gasteiger partial charge in [-0.15, -0.1) is 0 Å². The first kappa shape index (κ1) is 24.3. The summed E-state index contributed by atoms with van der Waals surface area (Å²) in [7, 11) is 0. The molecule has 3 aromatic rings. The van der Waals surface area contributed by atoms with Crippen LogP contribution in [0.2, 0.25) is 0 Å². The molecule has 0 N–H and O–H groups in total. The summed E-state index contributed by atoms with van der Waals surface area (Å²) in [6.07, 6.45) is -3.46. The van der Waals surface area contributed by atoms with E-state index in [4.69, 9.17) is 14.2 Å². The van der Waals surface area contributed by atoms with Gasteiger partial charge in [0.15, 0.2) is 0 Å². The average Bonchev–Trinajstić information content (AvgIpc) is 3.13. The average molecular weight is 487 g/mol. The van der Waals surface area contributed by atoms with Gasteiger partial charge in [-0.1, -0.05) is 42.5 Å². The second kappa shape index (κ2) is 10.6. The Hall–Kier alpha value is -4.79. The van der Waals surface area contributed by atoms with Gasteiger partial charge in [0, 0.05) is 0 Å². The molecule has 0 spiro atoms. The number of anilines is 1. The number of esters is 3. The van der Waals surface area contributed by atoms with E-state index in [1.165, 1.54) is 48.5 Å². The quantitative estimate of drug-likeness (QED) is 0.283. The van der Waals surface area contributed by atoms with Crippen molar-refractivity contribution < 1.29 is 38.2 Å². The molecule has 9 heteroatoms. The number of carbonyl (C=O) groups is 5. The van der Waals surface area contributed by atoms with Crippen LogP contribution in [0.15, 0.2) is 84.9 Å². The van der Waals surface area contributed by atoms with Crippen molar-refractivity contribution in [2.75, 3.05) is 11.5 Å². The van der Waals surface area contributed by atoms with Crippen molar-refractivity contribution in [3.05, 3.63) is 102 Å². The Labute approximate surface area is 206 Å². The predicted octanol–water partition coefficient (Wildman–Crippen LogP) is 3.19. The zero-order valence-electron chi connectivity index (χ0n) is 19.2. The third kappa shape index (κ3) is 5.00. The molecule has 9 nitrogen and oxygen atoms in total. The molecule has 1 fully saturated rings. The van der Waals surface area contributed by atoms with Crippen molar-refractivity contribution >= 4 is 35.4 Å². The molecule has 1 heterocycles. The van der Waals surface area contributed by atoms with Crippen LogP contribution in [0.3, 0.4) is 0 Å². The van der Waals surface area contributed by atoms with E-state index in [9.17, 15) is 24.0 Å². The zero-order chi connectivity index (χ0) is 25.7. The molecule has 1 aliphatic rings. The lowest BCUT2D eigenvalue weighted by Crippen LogP contribution is -2.37. The van der Waals surface area contributed by atoms with E-state index in [1.54, 1.807) is 43.3 Å². The van der Waals surface area contributed by atoms with Gasteiger partial charge in [-0.2, -0.15) is 0 Å². The number of carbonyl (C=O) groups excluding carboxylic acids is 5. The Balaban J connectivity index is 1.67. The lowest BCUT2D eigenvalue weighted by atomic mass is 10.2. The molecule has 4 rings (SSSR count). The summed E-state index contributed by atoms with van der Waals surface area (Å²) in [5.41, 5.74) is 0.439. The lowest BCUT2D eigenvalue weighted by Gasteiger charge is -2.16. The van der Waals surface area contributed by atoms with Gasteiger partial charge in [0.1, 0.15) is 0 Å². The maximum absolute atomic E-state index is 13.3. The molecule has 0 aromatic heterocycles. The Morgan fingerprint density at radius 2 is 1.14 bits per heavy atom. The van der Waals surface area contributed by atoms with Gasteiger partial charge in [0.05, 0.1) is 29.0 Å². The van der Waals surface area contributed by atoms with E-state index in [0.717, 1.165) is 4.90 Å². The van der Waals surface area contributed by atoms with E-state index in [2.05, 4.69) is 0 Å². The van der Waals surface area contributed by atoms with Crippen LogP contribution in [0.5, 0.6) is 0 Å². The highest BCUT2D eigenvalue weighted by molar-refractivity contribution is 6.25. The first-order valence-corrected chi connectivity index (χ1v) is 11.1. The number of nitrogens with zero attached hydrogens (tertiary/aromatic N) is 1. The topological polar surface area (TPSA) is 116 Å². The fourth-order valence-corrected chi connectivity index (χ4v) is 3.60. The van der Waals surface area contributed by atoms with E-state index in [0.29, 0.717) is 0 Å². The van der Waals surface area contributed by atoms with Crippen LogP contribution in [-0.4, -0.2) is 48.5 Å². The summed E-state index contributed by atoms with van der Waals surface area (Å²) in [5.74, 6) is -4.22. The molecule has 0 saturated carbocycles. The SMILES string of the molecule is CCOC(=O)c1cccc(N2C(=O)[C@@H](OC(=O)c3ccccc3)[C@H](OC(=O)c3ccccc3)C2=O)c1. The maximum Gasteiger partial charge on any atom is 0.339 e. The highest BCUT2D eigenvalue weighted by Gasteiger charge is 2.53. The second-order valence-electron chi connectivity index (χ2n) is 7.67. The van der Waals surface area contributed by atoms with Crippen molar-refractivity contribution in [2.45, 2.75) is 19.1 Å². The minimum Gasteiger partial charge on any atom is -0.462 e. The second-order valence-corrected chi connectivity index (χ2v) is 7.67. The third-order valence-corrected chi connectivity index (χ3v) is 5.31. The highest BCUT2D eigenvalue weighted by Crippen LogP contribution is 2.29. The van der Waals surface area contributed by atoms with Gasteiger partial charge >= 0.3 is 17.9 Å². The number of hydrogen-bond acceptors (Lipinski definition) is 8. The minimum atomic E-state index is -1.73. The van der Waals surface area contributed by atoms with Crippen molar-refractivity contribution in [1.29, 1.82) is 0 Å². The summed E-state index contributed by atoms with van der Waals surface area (Å²) < 4.78 is 15.7. The molecule has 3 aromatic carbocycles. The van der Waals surface area contributed by atoms with Crippen LogP contribution in [0.25, 0.3) is 0 Å². The number of amides is 2. The van der Waals surface area contributed by atoms with Crippen LogP contribution < -0.4 is 4.90 Å². The third-order valence-electron chi connectivity index (χ3n) is 5.31. The van der Waals surface area contributed by atoms with E-state index in [-0.39, 0.29) is 29.0 Å². The summed E-state index contributed by atoms with van der Waals surface area (Å²) in [6.45, 7) is 1.78. The van der Waals surface area contributed by atoms with Gasteiger partial charge in [-0.05, 0) is 49.4 Å².